The van der Waals surface area contributed by atoms with E-state index in [-0.39, 0.29) is 35.3 Å². The molecule has 0 fully saturated rings. The third kappa shape index (κ3) is 4.77. The molecule has 3 aliphatic rings. The summed E-state index contributed by atoms with van der Waals surface area (Å²) in [5.41, 5.74) is 1.51. The number of carbonyl (C=O) groups excluding carboxylic acids is 3. The molecule has 222 valence electrons. The first-order valence-electron chi connectivity index (χ1n) is 14.9. The lowest BCUT2D eigenvalue weighted by atomic mass is 9.59. The van der Waals surface area contributed by atoms with Crippen molar-refractivity contribution in [3.63, 3.8) is 0 Å². The maximum absolute atomic E-state index is 14.0. The molecule has 42 heavy (non-hydrogen) atoms. The van der Waals surface area contributed by atoms with Crippen LogP contribution in [-0.4, -0.2) is 45.4 Å². The number of ketones is 3. The number of aliphatic hydroxyl groups is 2. The largest absolute Gasteiger partial charge is 0.508 e. The van der Waals surface area contributed by atoms with Gasteiger partial charge in [-0.2, -0.15) is 0 Å². The van der Waals surface area contributed by atoms with Gasteiger partial charge in [0.15, 0.2) is 17.2 Å². The summed E-state index contributed by atoms with van der Waals surface area (Å²) in [5.74, 6) is -2.72. The van der Waals surface area contributed by atoms with Gasteiger partial charge in [0.2, 0.25) is 5.78 Å². The van der Waals surface area contributed by atoms with E-state index in [0.29, 0.717) is 29.2 Å². The van der Waals surface area contributed by atoms with Crippen LogP contribution in [0.3, 0.4) is 0 Å². The Morgan fingerprint density at radius 3 is 2.48 bits per heavy atom. The number of benzene rings is 2. The van der Waals surface area contributed by atoms with Crippen molar-refractivity contribution in [3.8, 4) is 22.6 Å². The van der Waals surface area contributed by atoms with Gasteiger partial charge in [-0.15, -0.1) is 0 Å². The minimum Gasteiger partial charge on any atom is -0.508 e. The lowest BCUT2D eigenvalue weighted by Gasteiger charge is -2.46. The topological polar surface area (TPSA) is 121 Å². The molecule has 5 rings (SSSR count). The molecule has 3 N–H and O–H groups in total. The number of unbranched alkanes of at least 4 members (excludes halogenated alkanes) is 1. The molecule has 0 saturated heterocycles. The van der Waals surface area contributed by atoms with E-state index in [0.717, 1.165) is 36.0 Å². The fourth-order valence-electron chi connectivity index (χ4n) is 7.28. The molecule has 7 heteroatoms. The number of carbonyl (C=O) groups is 3. The number of aryl methyl sites for hydroxylation is 1. The molecule has 0 bridgehead atoms. The van der Waals surface area contributed by atoms with Gasteiger partial charge in [0.25, 0.3) is 0 Å². The van der Waals surface area contributed by atoms with E-state index in [4.69, 9.17) is 4.74 Å². The number of Topliss-reactive ketones (excluding diaryl/α,β-unsaturated/α-hetero) is 3. The SMILES string of the molecule is COc1ccc(CCCCC(C)C)cc1-c1ccc(O)c2c1C[C@H]1C[C@H]3CC(C)=C(C(C)=O)C(=O)[C@@]3(O)C(O)=C1C2=O. The standard InChI is InChI=1S/C35H40O7/c1-18(2)8-6-7-9-21-10-13-28(42-5)25(15-21)24-11-12-27(37)31-26(24)17-22-16-23-14-19(3)29(20(4)36)33(39)35(23,41)34(40)30(22)32(31)38/h10-13,15,18,22-23,37,40-41H,6-9,14,16-17H2,1-5H3/t22-,23-,35-/m1/s1. The summed E-state index contributed by atoms with van der Waals surface area (Å²) in [6.07, 6.45) is 5.15. The van der Waals surface area contributed by atoms with E-state index in [1.165, 1.54) is 19.4 Å². The molecule has 0 radical (unpaired) electrons. The van der Waals surface area contributed by atoms with Gasteiger partial charge in [0, 0.05) is 17.1 Å². The van der Waals surface area contributed by atoms with Crippen LogP contribution in [0, 0.1) is 17.8 Å². The summed E-state index contributed by atoms with van der Waals surface area (Å²) >= 11 is 0. The van der Waals surface area contributed by atoms with Crippen molar-refractivity contribution in [3.05, 3.63) is 69.5 Å². The van der Waals surface area contributed by atoms with E-state index in [1.807, 2.05) is 6.07 Å². The molecule has 0 aromatic heterocycles. The van der Waals surface area contributed by atoms with Gasteiger partial charge in [0.05, 0.1) is 18.2 Å². The van der Waals surface area contributed by atoms with E-state index >= 15 is 0 Å². The Hall–Kier alpha value is -3.71. The van der Waals surface area contributed by atoms with Gasteiger partial charge in [-0.1, -0.05) is 44.4 Å². The summed E-state index contributed by atoms with van der Waals surface area (Å²) in [7, 11) is 1.60. The number of hydrogen-bond donors (Lipinski definition) is 3. The van der Waals surface area contributed by atoms with Crippen LogP contribution >= 0.6 is 0 Å². The second-order valence-electron chi connectivity index (χ2n) is 12.6. The lowest BCUT2D eigenvalue weighted by Crippen LogP contribution is -2.56. The normalized spacial score (nSPS) is 23.6. The van der Waals surface area contributed by atoms with Gasteiger partial charge in [0.1, 0.15) is 17.3 Å². The number of aliphatic hydroxyl groups excluding tert-OH is 1. The first-order chi connectivity index (χ1) is 19.9. The van der Waals surface area contributed by atoms with Crippen molar-refractivity contribution in [2.45, 2.75) is 78.2 Å². The molecule has 0 aliphatic heterocycles. The number of rotatable bonds is 8. The Labute approximate surface area is 246 Å². The van der Waals surface area contributed by atoms with Crippen molar-refractivity contribution < 1.29 is 34.4 Å². The molecular weight excluding hydrogens is 532 g/mol. The highest BCUT2D eigenvalue weighted by Gasteiger charge is 2.58. The van der Waals surface area contributed by atoms with Crippen LogP contribution in [0.25, 0.3) is 11.1 Å². The average molecular weight is 573 g/mol. The molecule has 0 heterocycles. The van der Waals surface area contributed by atoms with Crippen LogP contribution in [-0.2, 0) is 22.4 Å². The lowest BCUT2D eigenvalue weighted by molar-refractivity contribution is -0.143. The Morgan fingerprint density at radius 1 is 1.07 bits per heavy atom. The molecule has 2 aromatic rings. The Bertz CT molecular complexity index is 1540. The zero-order chi connectivity index (χ0) is 30.5. The highest BCUT2D eigenvalue weighted by molar-refractivity contribution is 6.25. The number of phenolic OH excluding ortho intramolecular Hbond substituents is 1. The van der Waals surface area contributed by atoms with Crippen LogP contribution in [0.2, 0.25) is 0 Å². The fourth-order valence-corrected chi connectivity index (χ4v) is 7.28. The van der Waals surface area contributed by atoms with Crippen LogP contribution in [0.15, 0.2) is 52.8 Å². The van der Waals surface area contributed by atoms with Gasteiger partial charge < -0.3 is 20.1 Å². The minimum absolute atomic E-state index is 0.0542. The maximum atomic E-state index is 14.0. The quantitative estimate of drug-likeness (QED) is 0.253. The second-order valence-corrected chi connectivity index (χ2v) is 12.6. The zero-order valence-electron chi connectivity index (χ0n) is 25.0. The summed E-state index contributed by atoms with van der Waals surface area (Å²) in [5, 5.41) is 33.9. The molecule has 0 unspecified atom stereocenters. The number of hydrogen-bond acceptors (Lipinski definition) is 7. The van der Waals surface area contributed by atoms with Crippen molar-refractivity contribution >= 4 is 17.3 Å². The molecule has 7 nitrogen and oxygen atoms in total. The van der Waals surface area contributed by atoms with E-state index < -0.39 is 40.5 Å². The summed E-state index contributed by atoms with van der Waals surface area (Å²) in [6, 6.07) is 9.34. The number of phenols is 1. The van der Waals surface area contributed by atoms with Gasteiger partial charge in [-0.25, -0.2) is 0 Å². The van der Waals surface area contributed by atoms with Gasteiger partial charge >= 0.3 is 0 Å². The third-order valence-electron chi connectivity index (χ3n) is 9.35. The Kier molecular flexibility index (Phi) is 7.92. The monoisotopic (exact) mass is 572 g/mol. The van der Waals surface area contributed by atoms with Crippen molar-refractivity contribution in [1.82, 2.24) is 0 Å². The van der Waals surface area contributed by atoms with Crippen LogP contribution in [0.5, 0.6) is 11.5 Å². The van der Waals surface area contributed by atoms with E-state index in [2.05, 4.69) is 26.0 Å². The number of ether oxygens (including phenoxy) is 1. The highest BCUT2D eigenvalue weighted by Crippen LogP contribution is 2.53. The molecule has 0 spiro atoms. The zero-order valence-corrected chi connectivity index (χ0v) is 25.0. The first-order valence-corrected chi connectivity index (χ1v) is 14.9. The molecule has 3 atom stereocenters. The van der Waals surface area contributed by atoms with E-state index in [1.54, 1.807) is 20.1 Å². The average Bonchev–Trinajstić information content (AvgIpc) is 2.93. The van der Waals surface area contributed by atoms with Crippen molar-refractivity contribution in [1.29, 1.82) is 0 Å². The maximum Gasteiger partial charge on any atom is 0.205 e. The number of allylic oxidation sites excluding steroid dienone is 2. The number of aromatic hydroxyl groups is 1. The van der Waals surface area contributed by atoms with Gasteiger partial charge in [-0.05, 0) is 92.7 Å². The van der Waals surface area contributed by atoms with Crippen LogP contribution in [0.4, 0.5) is 0 Å². The fraction of sp³-hybridized carbons (Fsp3) is 0.457. The first kappa shape index (κ1) is 29.8. The molecule has 0 amide bonds. The van der Waals surface area contributed by atoms with Crippen molar-refractivity contribution in [2.75, 3.05) is 7.11 Å². The highest BCUT2D eigenvalue weighted by atomic mass is 16.5. The smallest absolute Gasteiger partial charge is 0.205 e. The molecule has 2 aromatic carbocycles. The molecular formula is C35H40O7. The van der Waals surface area contributed by atoms with Gasteiger partial charge in [-0.3, -0.25) is 14.4 Å². The third-order valence-corrected chi connectivity index (χ3v) is 9.35. The number of fused-ring (bicyclic) bond motifs is 3. The Balaban J connectivity index is 1.59. The summed E-state index contributed by atoms with van der Waals surface area (Å²) in [4.78, 5) is 39.7. The predicted molar refractivity (Wildman–Crippen MR) is 160 cm³/mol. The Morgan fingerprint density at radius 2 is 1.81 bits per heavy atom. The molecule has 0 saturated carbocycles. The second kappa shape index (κ2) is 11.2. The van der Waals surface area contributed by atoms with E-state index in [9.17, 15) is 29.7 Å². The minimum atomic E-state index is -2.35. The molecule has 3 aliphatic carbocycles. The summed E-state index contributed by atoms with van der Waals surface area (Å²) in [6.45, 7) is 7.40. The summed E-state index contributed by atoms with van der Waals surface area (Å²) < 4.78 is 5.72. The predicted octanol–water partition coefficient (Wildman–Crippen LogP) is 6.23. The van der Waals surface area contributed by atoms with Crippen molar-refractivity contribution in [2.24, 2.45) is 17.8 Å². The number of methoxy groups -OCH3 is 1. The van der Waals surface area contributed by atoms with Crippen LogP contribution in [0.1, 0.15) is 81.3 Å². The van der Waals surface area contributed by atoms with Crippen LogP contribution < -0.4 is 4.74 Å².